The Labute approximate surface area is 201 Å². The zero-order valence-electron chi connectivity index (χ0n) is 18.0. The van der Waals surface area contributed by atoms with Crippen molar-refractivity contribution in [2.45, 2.75) is 31.8 Å². The molecule has 1 atom stereocenters. The normalized spacial score (nSPS) is 19.1. The first-order chi connectivity index (χ1) is 15.7. The van der Waals surface area contributed by atoms with Crippen molar-refractivity contribution in [1.29, 1.82) is 0 Å². The fourth-order valence-electron chi connectivity index (χ4n) is 4.93. The van der Waals surface area contributed by atoms with Gasteiger partial charge in [-0.25, -0.2) is 9.97 Å². The molecule has 1 aromatic carbocycles. The molecule has 0 spiro atoms. The minimum atomic E-state index is 0.0862. The average molecular weight is 520 g/mol. The molecule has 2 aliphatic heterocycles. The van der Waals surface area contributed by atoms with Crippen molar-refractivity contribution in [3.63, 3.8) is 0 Å². The van der Waals surface area contributed by atoms with E-state index < -0.39 is 0 Å². The van der Waals surface area contributed by atoms with Crippen molar-refractivity contribution in [1.82, 2.24) is 25.1 Å². The summed E-state index contributed by atoms with van der Waals surface area (Å²) in [6.45, 7) is 6.02. The van der Waals surface area contributed by atoms with Crippen molar-refractivity contribution >= 4 is 44.4 Å². The zero-order valence-corrected chi connectivity index (χ0v) is 20.4. The number of halogens is 2. The van der Waals surface area contributed by atoms with Crippen molar-refractivity contribution < 1.29 is 4.74 Å². The Morgan fingerprint density at radius 3 is 2.59 bits per heavy atom. The average Bonchev–Trinajstić information content (AvgIpc) is 3.48. The van der Waals surface area contributed by atoms with Crippen LogP contribution in [0.2, 0.25) is 5.02 Å². The van der Waals surface area contributed by atoms with Gasteiger partial charge in [0.05, 0.1) is 18.1 Å². The fourth-order valence-corrected chi connectivity index (χ4v) is 5.51. The maximum atomic E-state index is 6.54. The summed E-state index contributed by atoms with van der Waals surface area (Å²) in [4.78, 5) is 13.7. The molecular weight excluding hydrogens is 492 g/mol. The SMILES string of the molecule is Clc1ccc([C@H](OCCN2CCCC2)C2CCN(c3ncnc4[nH]nc(Br)c34)CC2)cc1. The molecule has 32 heavy (non-hydrogen) atoms. The number of hydrogen-bond donors (Lipinski definition) is 1. The number of nitrogens with one attached hydrogen (secondary N) is 1. The minimum absolute atomic E-state index is 0.0862. The van der Waals surface area contributed by atoms with Crippen LogP contribution in [0.15, 0.2) is 35.2 Å². The smallest absolute Gasteiger partial charge is 0.161 e. The highest BCUT2D eigenvalue weighted by molar-refractivity contribution is 9.10. The quantitative estimate of drug-likeness (QED) is 0.482. The molecule has 0 amide bonds. The van der Waals surface area contributed by atoms with Gasteiger partial charge in [-0.15, -0.1) is 0 Å². The van der Waals surface area contributed by atoms with Crippen LogP contribution in [0, 0.1) is 5.92 Å². The Hall–Kier alpha value is -1.74. The molecule has 1 N–H and O–H groups in total. The van der Waals surface area contributed by atoms with Gasteiger partial charge in [0, 0.05) is 24.7 Å². The van der Waals surface area contributed by atoms with Crippen molar-refractivity contribution in [3.8, 4) is 0 Å². The van der Waals surface area contributed by atoms with Crippen LogP contribution in [-0.4, -0.2) is 64.4 Å². The first-order valence-electron chi connectivity index (χ1n) is 11.4. The van der Waals surface area contributed by atoms with E-state index in [4.69, 9.17) is 16.3 Å². The number of H-pyrrole nitrogens is 1. The van der Waals surface area contributed by atoms with Gasteiger partial charge in [0.25, 0.3) is 0 Å². The molecule has 0 unspecified atom stereocenters. The summed E-state index contributed by atoms with van der Waals surface area (Å²) in [7, 11) is 0. The second-order valence-electron chi connectivity index (χ2n) is 8.65. The highest BCUT2D eigenvalue weighted by atomic mass is 79.9. The molecule has 2 fully saturated rings. The molecule has 0 saturated carbocycles. The third-order valence-electron chi connectivity index (χ3n) is 6.66. The number of ether oxygens (including phenoxy) is 1. The van der Waals surface area contributed by atoms with E-state index in [9.17, 15) is 0 Å². The number of fused-ring (bicyclic) bond motifs is 1. The number of aromatic nitrogens is 4. The highest BCUT2D eigenvalue weighted by Crippen LogP contribution is 2.37. The number of rotatable bonds is 7. The van der Waals surface area contributed by atoms with Crippen LogP contribution >= 0.6 is 27.5 Å². The van der Waals surface area contributed by atoms with Gasteiger partial charge in [0.1, 0.15) is 16.7 Å². The monoisotopic (exact) mass is 518 g/mol. The van der Waals surface area contributed by atoms with Crippen LogP contribution in [0.3, 0.4) is 0 Å². The highest BCUT2D eigenvalue weighted by Gasteiger charge is 2.30. The van der Waals surface area contributed by atoms with Crippen LogP contribution in [0.5, 0.6) is 0 Å². The fraction of sp³-hybridized carbons (Fsp3) is 0.522. The molecule has 2 aromatic heterocycles. The molecule has 170 valence electrons. The van der Waals surface area contributed by atoms with Gasteiger partial charge in [-0.05, 0) is 78.3 Å². The second-order valence-corrected chi connectivity index (χ2v) is 9.84. The van der Waals surface area contributed by atoms with Crippen molar-refractivity contribution in [2.24, 2.45) is 5.92 Å². The topological polar surface area (TPSA) is 70.2 Å². The lowest BCUT2D eigenvalue weighted by Gasteiger charge is -2.37. The number of aromatic amines is 1. The third-order valence-corrected chi connectivity index (χ3v) is 7.49. The lowest BCUT2D eigenvalue weighted by Crippen LogP contribution is -2.37. The second kappa shape index (κ2) is 10.0. The summed E-state index contributed by atoms with van der Waals surface area (Å²) < 4.78 is 7.29. The van der Waals surface area contributed by atoms with E-state index in [-0.39, 0.29) is 6.10 Å². The Morgan fingerprint density at radius 1 is 1.09 bits per heavy atom. The number of nitrogens with zero attached hydrogens (tertiary/aromatic N) is 5. The van der Waals surface area contributed by atoms with Gasteiger partial charge >= 0.3 is 0 Å². The number of anilines is 1. The number of likely N-dealkylation sites (tertiary alicyclic amines) is 1. The van der Waals surface area contributed by atoms with Gasteiger partial charge in [-0.1, -0.05) is 23.7 Å². The summed E-state index contributed by atoms with van der Waals surface area (Å²) >= 11 is 9.68. The Morgan fingerprint density at radius 2 is 1.84 bits per heavy atom. The molecule has 5 rings (SSSR count). The molecule has 3 aromatic rings. The van der Waals surface area contributed by atoms with E-state index in [1.807, 2.05) is 12.1 Å². The molecule has 4 heterocycles. The number of piperidine rings is 1. The van der Waals surface area contributed by atoms with Crippen LogP contribution in [0.1, 0.15) is 37.4 Å². The third kappa shape index (κ3) is 4.78. The van der Waals surface area contributed by atoms with Gasteiger partial charge < -0.3 is 14.5 Å². The van der Waals surface area contributed by atoms with Crippen LogP contribution in [0.4, 0.5) is 5.82 Å². The largest absolute Gasteiger partial charge is 0.372 e. The molecular formula is C23H28BrClN6O. The Kier molecular flexibility index (Phi) is 6.92. The summed E-state index contributed by atoms with van der Waals surface area (Å²) in [6.07, 6.45) is 6.38. The molecule has 0 bridgehead atoms. The van der Waals surface area contributed by atoms with Gasteiger partial charge in [-0.3, -0.25) is 5.10 Å². The Balaban J connectivity index is 1.28. The van der Waals surface area contributed by atoms with Gasteiger partial charge in [0.15, 0.2) is 5.65 Å². The van der Waals surface area contributed by atoms with E-state index in [2.05, 4.69) is 58.0 Å². The predicted molar refractivity (Wildman–Crippen MR) is 130 cm³/mol. The van der Waals surface area contributed by atoms with Crippen molar-refractivity contribution in [2.75, 3.05) is 44.2 Å². The number of benzene rings is 1. The number of hydrogen-bond acceptors (Lipinski definition) is 6. The van der Waals surface area contributed by atoms with E-state index in [1.54, 1.807) is 6.33 Å². The summed E-state index contributed by atoms with van der Waals surface area (Å²) in [6, 6.07) is 8.17. The first kappa shape index (κ1) is 22.1. The molecule has 0 radical (unpaired) electrons. The van der Waals surface area contributed by atoms with E-state index in [0.29, 0.717) is 5.92 Å². The van der Waals surface area contributed by atoms with E-state index in [0.717, 1.165) is 65.6 Å². The zero-order chi connectivity index (χ0) is 21.9. The van der Waals surface area contributed by atoms with Gasteiger partial charge in [-0.2, -0.15) is 5.10 Å². The molecule has 7 nitrogen and oxygen atoms in total. The summed E-state index contributed by atoms with van der Waals surface area (Å²) in [5.41, 5.74) is 1.98. The minimum Gasteiger partial charge on any atom is -0.372 e. The maximum Gasteiger partial charge on any atom is 0.161 e. The first-order valence-corrected chi connectivity index (χ1v) is 12.5. The standard InChI is InChI=1S/C23H28BrClN6O/c24-21-19-22(29-28-21)26-15-27-23(19)31-11-7-17(8-12-31)20(16-3-5-18(25)6-4-16)32-14-13-30-9-1-2-10-30/h3-6,15,17,20H,1-2,7-14H2,(H,26,27,28,29)/t20-/m0/s1. The lowest BCUT2D eigenvalue weighted by atomic mass is 9.87. The van der Waals surface area contributed by atoms with Crippen LogP contribution < -0.4 is 4.90 Å². The van der Waals surface area contributed by atoms with Gasteiger partial charge in [0.2, 0.25) is 0 Å². The van der Waals surface area contributed by atoms with E-state index in [1.165, 1.54) is 31.5 Å². The van der Waals surface area contributed by atoms with Crippen LogP contribution in [-0.2, 0) is 4.74 Å². The van der Waals surface area contributed by atoms with E-state index >= 15 is 0 Å². The predicted octanol–water partition coefficient (Wildman–Crippen LogP) is 4.84. The molecule has 9 heteroatoms. The van der Waals surface area contributed by atoms with Crippen molar-refractivity contribution in [3.05, 3.63) is 45.8 Å². The summed E-state index contributed by atoms with van der Waals surface area (Å²) in [5.74, 6) is 1.39. The molecule has 2 saturated heterocycles. The molecule has 2 aliphatic rings. The lowest BCUT2D eigenvalue weighted by molar-refractivity contribution is -0.00514. The summed E-state index contributed by atoms with van der Waals surface area (Å²) in [5, 5.41) is 8.90. The van der Waals surface area contributed by atoms with Crippen LogP contribution in [0.25, 0.3) is 11.0 Å². The molecule has 0 aliphatic carbocycles. The maximum absolute atomic E-state index is 6.54. The Bertz CT molecular complexity index is 1030.